The quantitative estimate of drug-likeness (QED) is 0.787. The van der Waals surface area contributed by atoms with E-state index in [-0.39, 0.29) is 29.7 Å². The molecule has 1 fully saturated rings. The SMILES string of the molecule is Cc1ccc(NC(=O)C2CC2C(=O)N(Cc2ccccc2)C(C)C)cc1Cl. The predicted molar refractivity (Wildman–Crippen MR) is 109 cm³/mol. The number of benzene rings is 2. The second-order valence-electron chi connectivity index (χ2n) is 7.45. The Hall–Kier alpha value is -2.33. The van der Waals surface area contributed by atoms with Crippen molar-refractivity contribution >= 4 is 29.1 Å². The lowest BCUT2D eigenvalue weighted by atomic mass is 10.1. The average Bonchev–Trinajstić information content (AvgIpc) is 3.44. The number of nitrogens with one attached hydrogen (secondary N) is 1. The van der Waals surface area contributed by atoms with Crippen molar-refractivity contribution in [3.63, 3.8) is 0 Å². The monoisotopic (exact) mass is 384 g/mol. The van der Waals surface area contributed by atoms with E-state index in [0.717, 1.165) is 11.1 Å². The number of amides is 2. The van der Waals surface area contributed by atoms with E-state index in [1.807, 2.05) is 68.1 Å². The van der Waals surface area contributed by atoms with Crippen LogP contribution in [0.5, 0.6) is 0 Å². The highest BCUT2D eigenvalue weighted by Gasteiger charge is 2.49. The number of nitrogens with zero attached hydrogens (tertiary/aromatic N) is 1. The van der Waals surface area contributed by atoms with Crippen LogP contribution in [-0.2, 0) is 16.1 Å². The summed E-state index contributed by atoms with van der Waals surface area (Å²) < 4.78 is 0. The van der Waals surface area contributed by atoms with Crippen LogP contribution in [0, 0.1) is 18.8 Å². The molecule has 2 unspecified atom stereocenters. The molecule has 0 aliphatic heterocycles. The Morgan fingerprint density at radius 2 is 1.85 bits per heavy atom. The third-order valence-electron chi connectivity index (χ3n) is 4.99. The van der Waals surface area contributed by atoms with E-state index in [4.69, 9.17) is 11.6 Å². The van der Waals surface area contributed by atoms with E-state index in [1.165, 1.54) is 0 Å². The first-order chi connectivity index (χ1) is 12.9. The fraction of sp³-hybridized carbons (Fsp3) is 0.364. The highest BCUT2D eigenvalue weighted by molar-refractivity contribution is 6.31. The van der Waals surface area contributed by atoms with Gasteiger partial charge in [-0.1, -0.05) is 48.0 Å². The number of carbonyl (C=O) groups excluding carboxylic acids is 2. The minimum atomic E-state index is -0.269. The van der Waals surface area contributed by atoms with Crippen LogP contribution >= 0.6 is 11.6 Å². The summed E-state index contributed by atoms with van der Waals surface area (Å²) in [6, 6.07) is 15.5. The maximum Gasteiger partial charge on any atom is 0.228 e. The van der Waals surface area contributed by atoms with E-state index in [0.29, 0.717) is 23.7 Å². The predicted octanol–water partition coefficient (Wildman–Crippen LogP) is 4.66. The van der Waals surface area contributed by atoms with Crippen LogP contribution in [0.1, 0.15) is 31.4 Å². The Kier molecular flexibility index (Phi) is 5.85. The van der Waals surface area contributed by atoms with Gasteiger partial charge in [0.05, 0.1) is 11.8 Å². The first-order valence-electron chi connectivity index (χ1n) is 9.28. The molecule has 2 amide bonds. The van der Waals surface area contributed by atoms with Gasteiger partial charge in [-0.25, -0.2) is 0 Å². The molecule has 0 spiro atoms. The minimum absolute atomic E-state index is 0.0518. The average molecular weight is 385 g/mol. The topological polar surface area (TPSA) is 49.4 Å². The summed E-state index contributed by atoms with van der Waals surface area (Å²) >= 11 is 6.11. The number of anilines is 1. The van der Waals surface area contributed by atoms with Crippen LogP contribution in [-0.4, -0.2) is 22.8 Å². The number of hydrogen-bond donors (Lipinski definition) is 1. The van der Waals surface area contributed by atoms with Crippen LogP contribution in [0.25, 0.3) is 0 Å². The smallest absolute Gasteiger partial charge is 0.228 e. The van der Waals surface area contributed by atoms with Crippen LogP contribution in [0.4, 0.5) is 5.69 Å². The van der Waals surface area contributed by atoms with Gasteiger partial charge in [-0.2, -0.15) is 0 Å². The fourth-order valence-corrected chi connectivity index (χ4v) is 3.35. The Morgan fingerprint density at radius 3 is 2.48 bits per heavy atom. The van der Waals surface area contributed by atoms with E-state index < -0.39 is 0 Å². The summed E-state index contributed by atoms with van der Waals surface area (Å²) in [6.07, 6.45) is 0.599. The van der Waals surface area contributed by atoms with Gasteiger partial charge in [0.1, 0.15) is 0 Å². The Balaban J connectivity index is 1.62. The molecule has 2 atom stereocenters. The first kappa shape index (κ1) is 19.4. The molecule has 1 saturated carbocycles. The molecule has 0 aromatic heterocycles. The zero-order chi connectivity index (χ0) is 19.6. The summed E-state index contributed by atoms with van der Waals surface area (Å²) in [5.74, 6) is -0.570. The summed E-state index contributed by atoms with van der Waals surface area (Å²) in [5, 5.41) is 3.50. The van der Waals surface area contributed by atoms with Crippen LogP contribution < -0.4 is 5.32 Å². The lowest BCUT2D eigenvalue weighted by molar-refractivity contribution is -0.136. The van der Waals surface area contributed by atoms with Crippen LogP contribution in [0.2, 0.25) is 5.02 Å². The molecule has 5 heteroatoms. The van der Waals surface area contributed by atoms with E-state index in [1.54, 1.807) is 6.07 Å². The van der Waals surface area contributed by atoms with Gasteiger partial charge in [-0.05, 0) is 50.5 Å². The van der Waals surface area contributed by atoms with E-state index in [2.05, 4.69) is 5.32 Å². The summed E-state index contributed by atoms with van der Waals surface area (Å²) in [7, 11) is 0. The maximum atomic E-state index is 12.9. The van der Waals surface area contributed by atoms with Crippen molar-refractivity contribution < 1.29 is 9.59 Å². The summed E-state index contributed by atoms with van der Waals surface area (Å²) in [4.78, 5) is 27.3. The summed E-state index contributed by atoms with van der Waals surface area (Å²) in [6.45, 7) is 6.49. The highest BCUT2D eigenvalue weighted by Crippen LogP contribution is 2.41. The molecule has 1 N–H and O–H groups in total. The number of halogens is 1. The normalized spacial score (nSPS) is 18.3. The second-order valence-corrected chi connectivity index (χ2v) is 7.85. The Bertz CT molecular complexity index is 835. The number of aryl methyl sites for hydroxylation is 1. The van der Waals surface area contributed by atoms with Crippen molar-refractivity contribution in [3.8, 4) is 0 Å². The largest absolute Gasteiger partial charge is 0.336 e. The molecule has 4 nitrogen and oxygen atoms in total. The number of rotatable bonds is 6. The van der Waals surface area contributed by atoms with Crippen LogP contribution in [0.15, 0.2) is 48.5 Å². The van der Waals surface area contributed by atoms with Gasteiger partial charge in [0.25, 0.3) is 0 Å². The first-order valence-corrected chi connectivity index (χ1v) is 9.66. The lowest BCUT2D eigenvalue weighted by Crippen LogP contribution is -2.38. The minimum Gasteiger partial charge on any atom is -0.336 e. The van der Waals surface area contributed by atoms with Gasteiger partial charge in [-0.3, -0.25) is 9.59 Å². The molecule has 0 heterocycles. The zero-order valence-corrected chi connectivity index (χ0v) is 16.7. The Morgan fingerprint density at radius 1 is 1.15 bits per heavy atom. The van der Waals surface area contributed by atoms with E-state index >= 15 is 0 Å². The molecular weight excluding hydrogens is 360 g/mol. The van der Waals surface area contributed by atoms with Crippen molar-refractivity contribution in [3.05, 3.63) is 64.7 Å². The second kappa shape index (κ2) is 8.13. The third kappa shape index (κ3) is 4.69. The molecule has 0 radical (unpaired) electrons. The van der Waals surface area contributed by atoms with Gasteiger partial charge < -0.3 is 10.2 Å². The molecule has 27 heavy (non-hydrogen) atoms. The van der Waals surface area contributed by atoms with Crippen LogP contribution in [0.3, 0.4) is 0 Å². The molecule has 2 aromatic rings. The Labute approximate surface area is 165 Å². The maximum absolute atomic E-state index is 12.9. The molecule has 0 saturated heterocycles. The standard InChI is InChI=1S/C22H25ClN2O2/c1-14(2)25(13-16-7-5-4-6-8-16)22(27)19-12-18(19)21(26)24-17-10-9-15(3)20(23)11-17/h4-11,14,18-19H,12-13H2,1-3H3,(H,24,26). The van der Waals surface area contributed by atoms with Crippen molar-refractivity contribution in [1.82, 2.24) is 4.90 Å². The van der Waals surface area contributed by atoms with Crippen molar-refractivity contribution in [2.75, 3.05) is 5.32 Å². The fourth-order valence-electron chi connectivity index (χ4n) is 3.17. The van der Waals surface area contributed by atoms with Gasteiger partial charge in [-0.15, -0.1) is 0 Å². The molecule has 1 aliphatic carbocycles. The highest BCUT2D eigenvalue weighted by atomic mass is 35.5. The number of carbonyl (C=O) groups is 2. The van der Waals surface area contributed by atoms with Gasteiger partial charge in [0, 0.05) is 23.3 Å². The summed E-state index contributed by atoms with van der Waals surface area (Å²) in [5.41, 5.74) is 2.72. The van der Waals surface area contributed by atoms with Crippen molar-refractivity contribution in [1.29, 1.82) is 0 Å². The van der Waals surface area contributed by atoms with Crippen molar-refractivity contribution in [2.24, 2.45) is 11.8 Å². The molecule has 0 bridgehead atoms. The zero-order valence-electron chi connectivity index (χ0n) is 15.9. The van der Waals surface area contributed by atoms with Gasteiger partial charge in [0.2, 0.25) is 11.8 Å². The number of hydrogen-bond acceptors (Lipinski definition) is 2. The van der Waals surface area contributed by atoms with Crippen molar-refractivity contribution in [2.45, 2.75) is 39.8 Å². The molecule has 2 aromatic carbocycles. The molecular formula is C22H25ClN2O2. The molecule has 142 valence electrons. The van der Waals surface area contributed by atoms with E-state index in [9.17, 15) is 9.59 Å². The lowest BCUT2D eigenvalue weighted by Gasteiger charge is -2.27. The third-order valence-corrected chi connectivity index (χ3v) is 5.39. The van der Waals surface area contributed by atoms with Gasteiger partial charge >= 0.3 is 0 Å². The molecule has 3 rings (SSSR count). The molecule has 1 aliphatic rings. The van der Waals surface area contributed by atoms with Gasteiger partial charge in [0.15, 0.2) is 0 Å².